The molecule has 4 aliphatic heterocycles. The summed E-state index contributed by atoms with van der Waals surface area (Å²) in [7, 11) is 5.40. The largest absolute Gasteiger partial charge is 0.464 e. The Labute approximate surface area is 452 Å². The number of benzene rings is 2. The summed E-state index contributed by atoms with van der Waals surface area (Å²) in [5.41, 5.74) is 10.7. The average Bonchev–Trinajstić information content (AvgIpc) is 4.22. The Morgan fingerprint density at radius 1 is 1.01 bits per heavy atom. The monoisotopic (exact) mass is 1060 g/mol. The maximum atomic E-state index is 17.3. The van der Waals surface area contributed by atoms with Crippen molar-refractivity contribution in [3.05, 3.63) is 101 Å². The van der Waals surface area contributed by atoms with Gasteiger partial charge < -0.3 is 43.9 Å². The Balaban J connectivity index is 1.14. The molecule has 1 aliphatic carbocycles. The molecule has 16 nitrogen and oxygen atoms in total. The van der Waals surface area contributed by atoms with Crippen LogP contribution in [0.15, 0.2) is 72.5 Å². The van der Waals surface area contributed by atoms with Crippen LogP contribution in [0.4, 0.5) is 10.1 Å². The van der Waals surface area contributed by atoms with Gasteiger partial charge in [0, 0.05) is 82.5 Å². The Morgan fingerprint density at radius 3 is 2.47 bits per heavy atom. The van der Waals surface area contributed by atoms with E-state index in [1.807, 2.05) is 69.4 Å². The van der Waals surface area contributed by atoms with Crippen molar-refractivity contribution >= 4 is 45.9 Å². The number of allylic oxidation sites excluding steroid dienone is 2. The van der Waals surface area contributed by atoms with Crippen LogP contribution in [0.25, 0.3) is 27.7 Å². The van der Waals surface area contributed by atoms with E-state index in [1.165, 1.54) is 9.91 Å². The molecule has 3 saturated heterocycles. The van der Waals surface area contributed by atoms with E-state index in [0.717, 1.165) is 65.3 Å². The molecule has 4 aromatic rings. The van der Waals surface area contributed by atoms with Gasteiger partial charge in [0.15, 0.2) is 0 Å². The number of aliphatic hydroxyl groups is 1. The minimum atomic E-state index is -1.21. The topological polar surface area (TPSA) is 171 Å². The van der Waals surface area contributed by atoms with Crippen molar-refractivity contribution < 1.29 is 42.9 Å². The molecule has 6 heterocycles. The van der Waals surface area contributed by atoms with Gasteiger partial charge in [0.05, 0.1) is 47.6 Å². The van der Waals surface area contributed by atoms with E-state index in [9.17, 15) is 24.3 Å². The van der Waals surface area contributed by atoms with Gasteiger partial charge in [0.1, 0.15) is 30.0 Å². The van der Waals surface area contributed by atoms with Crippen molar-refractivity contribution in [3.63, 3.8) is 0 Å². The fourth-order valence-corrected chi connectivity index (χ4v) is 12.6. The SMILES string of the molecule is CCC1c2c(-c3cc(N4CCN(C)CC4)cnc3C(C)OC)n(CC)c3cc(F)c(cc23)C2=CC(O)CC(=C2)C[C@H](NC(=O)C(C(C)C)N(C)C(=O)C2OCCC2c2ccccc2)C(=O)N2CCCC(N2)C(=O)OCC1C. The number of anilines is 1. The molecule has 9 rings (SSSR count). The molecule has 2 aromatic carbocycles. The van der Waals surface area contributed by atoms with E-state index >= 15 is 4.39 Å². The van der Waals surface area contributed by atoms with Crippen LogP contribution in [0.5, 0.6) is 0 Å². The number of carbonyl (C=O) groups is 4. The van der Waals surface area contributed by atoms with Gasteiger partial charge in [-0.2, -0.15) is 0 Å². The molecule has 2 aromatic heterocycles. The van der Waals surface area contributed by atoms with Gasteiger partial charge in [-0.05, 0) is 118 Å². The van der Waals surface area contributed by atoms with Crippen LogP contribution >= 0.6 is 0 Å². The number of aromatic nitrogens is 2. The number of esters is 1. The summed E-state index contributed by atoms with van der Waals surface area (Å²) < 4.78 is 37.8. The zero-order valence-corrected chi connectivity index (χ0v) is 46.4. The molecule has 17 heteroatoms. The predicted molar refractivity (Wildman–Crippen MR) is 295 cm³/mol. The number of methoxy groups -OCH3 is 1. The summed E-state index contributed by atoms with van der Waals surface area (Å²) in [5.74, 6) is -3.35. The molecule has 9 atom stereocenters. The third-order valence-corrected chi connectivity index (χ3v) is 16.8. The fourth-order valence-electron chi connectivity index (χ4n) is 12.6. The van der Waals surface area contributed by atoms with Crippen LogP contribution in [-0.2, 0) is 39.9 Å². The van der Waals surface area contributed by atoms with Gasteiger partial charge in [-0.3, -0.25) is 29.2 Å². The van der Waals surface area contributed by atoms with E-state index in [-0.39, 0.29) is 67.2 Å². The van der Waals surface area contributed by atoms with Crippen molar-refractivity contribution in [1.29, 1.82) is 0 Å². The molecule has 0 radical (unpaired) electrons. The standard InChI is InChI=1S/C60H79FN8O8/c1-10-43-36(5)34-77-60(74)49-18-15-20-69(64-49)58(72)50(63-57(71)54(35(3)4)66(8)59(73)56-44(19-25-76-56)39-16-13-12-14-17-39)28-38-26-40(29-42(70)27-38)45-31-46-51(32-48(45)61)68(11-2)55(52(43)46)47-30-41(33-62-53(47)37(6)75-9)67-23-21-65(7)22-24-67/h12-14,16-17,26,29-33,35-37,42-44,49-50,54,56,64,70H,10-11,15,18-25,27-28,34H2,1-9H3,(H,63,71)/t36?,37?,42?,43?,44?,49?,50-,54?,56?/m0/s1. The number of piperazine rings is 1. The zero-order valence-electron chi connectivity index (χ0n) is 46.4. The highest BCUT2D eigenvalue weighted by Gasteiger charge is 2.43. The molecular formula is C60H79FN8O8. The Morgan fingerprint density at radius 2 is 1.77 bits per heavy atom. The second-order valence-corrected chi connectivity index (χ2v) is 22.3. The first-order chi connectivity index (χ1) is 37.0. The third kappa shape index (κ3) is 11.5. The van der Waals surface area contributed by atoms with Gasteiger partial charge in [-0.15, -0.1) is 0 Å². The molecule has 0 saturated carbocycles. The quantitative estimate of drug-likeness (QED) is 0.120. The lowest BCUT2D eigenvalue weighted by Gasteiger charge is -2.37. The first-order valence-electron chi connectivity index (χ1n) is 27.9. The number of carbonyl (C=O) groups excluding carboxylic acids is 4. The number of rotatable bonds is 12. The van der Waals surface area contributed by atoms with Crippen LogP contribution < -0.4 is 15.6 Å². The first-order valence-corrected chi connectivity index (χ1v) is 27.9. The number of fused-ring (bicyclic) bond motifs is 5. The number of hydrogen-bond acceptors (Lipinski definition) is 12. The second-order valence-electron chi connectivity index (χ2n) is 22.3. The maximum Gasteiger partial charge on any atom is 0.324 e. The number of amides is 3. The summed E-state index contributed by atoms with van der Waals surface area (Å²) >= 11 is 0. The summed E-state index contributed by atoms with van der Waals surface area (Å²) in [6.45, 7) is 16.7. The number of pyridine rings is 1. The molecule has 414 valence electrons. The maximum absolute atomic E-state index is 17.3. The van der Waals surface area contributed by atoms with Crippen molar-refractivity contribution in [2.45, 2.75) is 135 Å². The summed E-state index contributed by atoms with van der Waals surface area (Å²) in [5, 5.41) is 16.9. The number of nitrogens with one attached hydrogen (secondary N) is 2. The van der Waals surface area contributed by atoms with Gasteiger partial charge >= 0.3 is 5.97 Å². The second kappa shape index (κ2) is 23.9. The van der Waals surface area contributed by atoms with Crippen LogP contribution in [0.1, 0.15) is 120 Å². The van der Waals surface area contributed by atoms with Crippen molar-refractivity contribution in [3.8, 4) is 11.3 Å². The van der Waals surface area contributed by atoms with Gasteiger partial charge in [0.25, 0.3) is 11.8 Å². The molecule has 5 aliphatic rings. The van der Waals surface area contributed by atoms with E-state index in [4.69, 9.17) is 19.2 Å². The van der Waals surface area contributed by atoms with Crippen LogP contribution in [0.2, 0.25) is 0 Å². The van der Waals surface area contributed by atoms with Gasteiger partial charge in [0.2, 0.25) is 5.91 Å². The average molecular weight is 1060 g/mol. The van der Waals surface area contributed by atoms with Crippen LogP contribution in [0.3, 0.4) is 0 Å². The summed E-state index contributed by atoms with van der Waals surface area (Å²) in [6.07, 6.45) is 5.48. The van der Waals surface area contributed by atoms with E-state index in [0.29, 0.717) is 55.5 Å². The highest BCUT2D eigenvalue weighted by Crippen LogP contribution is 2.47. The minimum absolute atomic E-state index is 0.0471. The first kappa shape index (κ1) is 55.8. The molecule has 77 heavy (non-hydrogen) atoms. The Kier molecular flexibility index (Phi) is 17.3. The molecule has 0 spiro atoms. The lowest BCUT2D eigenvalue weighted by Crippen LogP contribution is -2.62. The molecule has 8 unspecified atom stereocenters. The number of nitrogens with zero attached hydrogens (tertiary/aromatic N) is 6. The Hall–Kier alpha value is -5.98. The van der Waals surface area contributed by atoms with E-state index in [2.05, 4.69) is 59.0 Å². The van der Waals surface area contributed by atoms with Crippen LogP contribution in [0, 0.1) is 17.7 Å². The Bertz CT molecular complexity index is 2880. The number of ether oxygens (including phenoxy) is 3. The smallest absolute Gasteiger partial charge is 0.324 e. The van der Waals surface area contributed by atoms with Crippen molar-refractivity contribution in [2.75, 3.05) is 72.0 Å². The number of halogens is 1. The van der Waals surface area contributed by atoms with E-state index < -0.39 is 53.9 Å². The van der Waals surface area contributed by atoms with Crippen molar-refractivity contribution in [1.82, 2.24) is 35.1 Å². The number of cyclic esters (lactones) is 1. The number of hydrogen-bond donors (Lipinski definition) is 3. The minimum Gasteiger partial charge on any atom is -0.464 e. The molecular weight excluding hydrogens is 980 g/mol. The fraction of sp³-hybridized carbons (Fsp3) is 0.550. The predicted octanol–water partition coefficient (Wildman–Crippen LogP) is 7.51. The lowest BCUT2D eigenvalue weighted by atomic mass is 9.81. The van der Waals surface area contributed by atoms with Crippen LogP contribution in [-0.4, -0.2) is 151 Å². The molecule has 6 bridgehead atoms. The zero-order chi connectivity index (χ0) is 54.8. The number of aryl methyl sites for hydroxylation is 1. The third-order valence-electron chi connectivity index (χ3n) is 16.8. The van der Waals surface area contributed by atoms with Gasteiger partial charge in [-0.25, -0.2) is 9.82 Å². The molecule has 3 amide bonds. The summed E-state index contributed by atoms with van der Waals surface area (Å²) in [6, 6.07) is 12.4. The van der Waals surface area contributed by atoms with Crippen molar-refractivity contribution in [2.24, 2.45) is 11.8 Å². The van der Waals surface area contributed by atoms with E-state index in [1.54, 1.807) is 26.3 Å². The summed E-state index contributed by atoms with van der Waals surface area (Å²) in [4.78, 5) is 69.6. The lowest BCUT2D eigenvalue weighted by molar-refractivity contribution is -0.154. The van der Waals surface area contributed by atoms with Gasteiger partial charge in [-0.1, -0.05) is 69.7 Å². The molecule has 3 fully saturated rings. The normalized spacial score (nSPS) is 25.5. The molecule has 3 N–H and O–H groups in total. The highest BCUT2D eigenvalue weighted by molar-refractivity contribution is 5.97. The number of hydrazine groups is 1. The highest BCUT2D eigenvalue weighted by atomic mass is 19.1. The number of aliphatic hydroxyl groups excluding tert-OH is 1. The number of likely N-dealkylation sites (N-methyl/N-ethyl adjacent to an activating group) is 2.